The minimum atomic E-state index is -3.90. The number of nitrogens with one attached hydrogen (secondary N) is 1. The first-order valence-corrected chi connectivity index (χ1v) is 9.18. The molecule has 1 unspecified atom stereocenters. The SMILES string of the molecule is O=S(=O)(O)CCC(NC1CCCCC1)N1CCOCC1. The van der Waals surface area contributed by atoms with Crippen LogP contribution < -0.4 is 5.32 Å². The fourth-order valence-corrected chi connectivity index (χ4v) is 3.58. The van der Waals surface area contributed by atoms with E-state index in [0.717, 1.165) is 25.9 Å². The third-order valence-electron chi connectivity index (χ3n) is 4.17. The van der Waals surface area contributed by atoms with Gasteiger partial charge in [0.15, 0.2) is 0 Å². The van der Waals surface area contributed by atoms with Gasteiger partial charge in [0.2, 0.25) is 0 Å². The van der Waals surface area contributed by atoms with Gasteiger partial charge in [-0.15, -0.1) is 0 Å². The van der Waals surface area contributed by atoms with E-state index in [2.05, 4.69) is 10.2 Å². The Hall–Kier alpha value is -0.210. The number of morpholine rings is 1. The van der Waals surface area contributed by atoms with Crippen LogP contribution in [0.1, 0.15) is 38.5 Å². The minimum Gasteiger partial charge on any atom is -0.379 e. The smallest absolute Gasteiger partial charge is 0.264 e. The summed E-state index contributed by atoms with van der Waals surface area (Å²) in [6.45, 7) is 3.01. The lowest BCUT2D eigenvalue weighted by Gasteiger charge is -2.38. The summed E-state index contributed by atoms with van der Waals surface area (Å²) in [5.74, 6) is -0.186. The lowest BCUT2D eigenvalue weighted by atomic mass is 9.95. The highest BCUT2D eigenvalue weighted by molar-refractivity contribution is 7.85. The maximum absolute atomic E-state index is 11.0. The van der Waals surface area contributed by atoms with Crippen LogP contribution in [0.5, 0.6) is 0 Å². The van der Waals surface area contributed by atoms with Gasteiger partial charge in [-0.05, 0) is 19.3 Å². The third kappa shape index (κ3) is 5.65. The highest BCUT2D eigenvalue weighted by atomic mass is 32.2. The molecular weight excluding hydrogens is 280 g/mol. The monoisotopic (exact) mass is 306 g/mol. The van der Waals surface area contributed by atoms with Gasteiger partial charge in [-0.3, -0.25) is 14.8 Å². The zero-order valence-electron chi connectivity index (χ0n) is 12.0. The van der Waals surface area contributed by atoms with Gasteiger partial charge >= 0.3 is 0 Å². The second-order valence-electron chi connectivity index (χ2n) is 5.74. The fraction of sp³-hybridized carbons (Fsp3) is 1.00. The van der Waals surface area contributed by atoms with Gasteiger partial charge < -0.3 is 4.74 Å². The predicted octanol–water partition coefficient (Wildman–Crippen LogP) is 0.845. The summed E-state index contributed by atoms with van der Waals surface area (Å²) >= 11 is 0. The van der Waals surface area contributed by atoms with Crippen molar-refractivity contribution >= 4 is 10.1 Å². The van der Waals surface area contributed by atoms with Crippen molar-refractivity contribution in [3.63, 3.8) is 0 Å². The molecular formula is C13H26N2O4S. The fourth-order valence-electron chi connectivity index (χ4n) is 3.06. The largest absolute Gasteiger partial charge is 0.379 e. The molecule has 2 rings (SSSR count). The molecule has 0 radical (unpaired) electrons. The molecule has 7 heteroatoms. The van der Waals surface area contributed by atoms with E-state index in [4.69, 9.17) is 9.29 Å². The Bertz CT molecular complexity index is 376. The molecule has 0 aromatic heterocycles. The zero-order chi connectivity index (χ0) is 14.4. The standard InChI is InChI=1S/C13H26N2O4S/c16-20(17,18)11-6-13(15-7-9-19-10-8-15)14-12-4-2-1-3-5-12/h12-14H,1-11H2,(H,16,17,18). The van der Waals surface area contributed by atoms with E-state index in [1.54, 1.807) is 0 Å². The Morgan fingerprint density at radius 2 is 1.85 bits per heavy atom. The molecule has 6 nitrogen and oxygen atoms in total. The van der Waals surface area contributed by atoms with Crippen LogP contribution in [0.2, 0.25) is 0 Å². The number of nitrogens with zero attached hydrogens (tertiary/aromatic N) is 1. The lowest BCUT2D eigenvalue weighted by molar-refractivity contribution is 0.00389. The highest BCUT2D eigenvalue weighted by Crippen LogP contribution is 2.19. The van der Waals surface area contributed by atoms with Gasteiger partial charge in [0.1, 0.15) is 0 Å². The van der Waals surface area contributed by atoms with E-state index < -0.39 is 10.1 Å². The number of ether oxygens (including phenoxy) is 1. The molecule has 1 aliphatic carbocycles. The van der Waals surface area contributed by atoms with Crippen LogP contribution in [-0.4, -0.2) is 62.1 Å². The van der Waals surface area contributed by atoms with Gasteiger partial charge in [0, 0.05) is 19.1 Å². The van der Waals surface area contributed by atoms with Gasteiger partial charge in [0.25, 0.3) is 10.1 Å². The number of hydrogen-bond acceptors (Lipinski definition) is 5. The zero-order valence-corrected chi connectivity index (χ0v) is 12.8. The van der Waals surface area contributed by atoms with E-state index in [9.17, 15) is 8.42 Å². The summed E-state index contributed by atoms with van der Waals surface area (Å²) in [6.07, 6.45) is 6.54. The highest BCUT2D eigenvalue weighted by Gasteiger charge is 2.25. The van der Waals surface area contributed by atoms with E-state index in [0.29, 0.717) is 25.7 Å². The molecule has 20 heavy (non-hydrogen) atoms. The Balaban J connectivity index is 1.90. The van der Waals surface area contributed by atoms with Crippen LogP contribution in [0.4, 0.5) is 0 Å². The van der Waals surface area contributed by atoms with Crippen LogP contribution in [0.15, 0.2) is 0 Å². The Labute approximate surface area is 121 Å². The molecule has 0 aromatic rings. The Morgan fingerprint density at radius 3 is 2.45 bits per heavy atom. The molecule has 118 valence electrons. The second kappa shape index (κ2) is 7.70. The first-order valence-electron chi connectivity index (χ1n) is 7.57. The molecule has 2 aliphatic rings. The summed E-state index contributed by atoms with van der Waals surface area (Å²) in [5, 5.41) is 3.59. The van der Waals surface area contributed by atoms with Crippen LogP contribution in [-0.2, 0) is 14.9 Å². The Morgan fingerprint density at radius 1 is 1.20 bits per heavy atom. The summed E-state index contributed by atoms with van der Waals surface area (Å²) in [5.41, 5.74) is 0. The predicted molar refractivity (Wildman–Crippen MR) is 77.2 cm³/mol. The number of rotatable bonds is 6. The average Bonchev–Trinajstić information content (AvgIpc) is 2.44. The molecule has 0 spiro atoms. The van der Waals surface area contributed by atoms with Crippen molar-refractivity contribution in [3.8, 4) is 0 Å². The number of hydrogen-bond donors (Lipinski definition) is 2. The maximum atomic E-state index is 11.0. The molecule has 0 bridgehead atoms. The molecule has 1 saturated carbocycles. The van der Waals surface area contributed by atoms with Crippen molar-refractivity contribution in [1.82, 2.24) is 10.2 Å². The van der Waals surface area contributed by atoms with Crippen molar-refractivity contribution < 1.29 is 17.7 Å². The molecule has 0 aromatic carbocycles. The normalized spacial score (nSPS) is 24.6. The molecule has 2 fully saturated rings. The van der Waals surface area contributed by atoms with Crippen LogP contribution >= 0.6 is 0 Å². The average molecular weight is 306 g/mol. The lowest BCUT2D eigenvalue weighted by Crippen LogP contribution is -2.54. The van der Waals surface area contributed by atoms with Crippen molar-refractivity contribution in [1.29, 1.82) is 0 Å². The topological polar surface area (TPSA) is 78.9 Å². The summed E-state index contributed by atoms with van der Waals surface area (Å²) in [4.78, 5) is 2.24. The van der Waals surface area contributed by atoms with Gasteiger partial charge in [-0.25, -0.2) is 0 Å². The van der Waals surface area contributed by atoms with E-state index >= 15 is 0 Å². The summed E-state index contributed by atoms with van der Waals surface area (Å²) < 4.78 is 36.3. The van der Waals surface area contributed by atoms with E-state index in [1.807, 2.05) is 0 Å². The molecule has 1 aliphatic heterocycles. The van der Waals surface area contributed by atoms with E-state index in [1.165, 1.54) is 19.3 Å². The van der Waals surface area contributed by atoms with Crippen LogP contribution in [0.3, 0.4) is 0 Å². The molecule has 1 saturated heterocycles. The molecule has 1 atom stereocenters. The van der Waals surface area contributed by atoms with Crippen molar-refractivity contribution in [2.75, 3.05) is 32.1 Å². The van der Waals surface area contributed by atoms with Gasteiger partial charge in [-0.2, -0.15) is 8.42 Å². The van der Waals surface area contributed by atoms with Gasteiger partial charge in [-0.1, -0.05) is 19.3 Å². The maximum Gasteiger partial charge on any atom is 0.264 e. The van der Waals surface area contributed by atoms with Crippen LogP contribution in [0, 0.1) is 0 Å². The molecule has 0 amide bonds. The first-order chi connectivity index (χ1) is 9.54. The first kappa shape index (κ1) is 16.2. The summed E-state index contributed by atoms with van der Waals surface area (Å²) in [7, 11) is -3.90. The van der Waals surface area contributed by atoms with Crippen molar-refractivity contribution in [2.24, 2.45) is 0 Å². The van der Waals surface area contributed by atoms with Crippen molar-refractivity contribution in [3.05, 3.63) is 0 Å². The second-order valence-corrected chi connectivity index (χ2v) is 7.31. The molecule has 2 N–H and O–H groups in total. The van der Waals surface area contributed by atoms with E-state index in [-0.39, 0.29) is 11.9 Å². The van der Waals surface area contributed by atoms with Crippen LogP contribution in [0.25, 0.3) is 0 Å². The third-order valence-corrected chi connectivity index (χ3v) is 4.92. The molecule has 1 heterocycles. The van der Waals surface area contributed by atoms with Gasteiger partial charge in [0.05, 0.1) is 25.1 Å². The summed E-state index contributed by atoms with van der Waals surface area (Å²) in [6, 6.07) is 0.470. The minimum absolute atomic E-state index is 0.0175. The Kier molecular flexibility index (Phi) is 6.22. The quantitative estimate of drug-likeness (QED) is 0.708. The van der Waals surface area contributed by atoms with Crippen molar-refractivity contribution in [2.45, 2.75) is 50.7 Å².